The molecule has 0 aliphatic heterocycles. The fourth-order valence-corrected chi connectivity index (χ4v) is 3.54. The molecule has 0 aromatic rings. The third-order valence-corrected chi connectivity index (χ3v) is 5.53. The summed E-state index contributed by atoms with van der Waals surface area (Å²) in [4.78, 5) is 12.2. The summed E-state index contributed by atoms with van der Waals surface area (Å²) in [6.07, 6.45) is 10.9. The van der Waals surface area contributed by atoms with Crippen molar-refractivity contribution in [1.29, 1.82) is 0 Å². The average Bonchev–Trinajstić information content (AvgIpc) is 2.78. The molecule has 0 bridgehead atoms. The minimum Gasteiger partial charge on any atom is -0.463 e. The Bertz CT molecular complexity index is 407. The molecule has 4 unspecified atom stereocenters. The van der Waals surface area contributed by atoms with Crippen LogP contribution in [0.2, 0.25) is 0 Å². The summed E-state index contributed by atoms with van der Waals surface area (Å²) in [5, 5.41) is 54.8. The lowest BCUT2D eigenvalue weighted by Gasteiger charge is -2.19. The normalized spacial score (nSPS) is 15.4. The van der Waals surface area contributed by atoms with Crippen molar-refractivity contribution in [2.75, 3.05) is 26.4 Å². The maximum atomic E-state index is 12.2. The van der Waals surface area contributed by atoms with Crippen molar-refractivity contribution in [1.82, 2.24) is 0 Å². The molecule has 0 fully saturated rings. The second-order valence-electron chi connectivity index (χ2n) is 8.54. The van der Waals surface area contributed by atoms with Crippen LogP contribution in [0.25, 0.3) is 0 Å². The van der Waals surface area contributed by atoms with Crippen molar-refractivity contribution in [2.24, 2.45) is 5.92 Å². The lowest BCUT2D eigenvalue weighted by atomic mass is 9.94. The Morgan fingerprint density at radius 1 is 0.581 bits per heavy atom. The SMILES string of the molecule is O=C(OCC(O)CO)C(CCCCCCCCCCCCCC(O)CO)CC(O)CO. The Kier molecular flexibility index (Phi) is 20.6. The van der Waals surface area contributed by atoms with Crippen molar-refractivity contribution in [3.05, 3.63) is 0 Å². The summed E-state index contributed by atoms with van der Waals surface area (Å²) in [5.41, 5.74) is 0. The van der Waals surface area contributed by atoms with Crippen molar-refractivity contribution >= 4 is 5.97 Å². The van der Waals surface area contributed by atoms with E-state index >= 15 is 0 Å². The molecule has 0 saturated carbocycles. The Balaban J connectivity index is 3.76. The number of carbonyl (C=O) groups excluding carboxylic acids is 1. The van der Waals surface area contributed by atoms with E-state index in [4.69, 9.17) is 20.1 Å². The van der Waals surface area contributed by atoms with Gasteiger partial charge in [-0.3, -0.25) is 4.79 Å². The lowest BCUT2D eigenvalue weighted by molar-refractivity contribution is -0.153. The van der Waals surface area contributed by atoms with E-state index in [0.29, 0.717) is 12.8 Å². The Morgan fingerprint density at radius 3 is 1.45 bits per heavy atom. The highest BCUT2D eigenvalue weighted by Gasteiger charge is 2.23. The fraction of sp³-hybridized carbons (Fsp3) is 0.957. The number of unbranched alkanes of at least 4 members (excludes halogenated alkanes) is 10. The predicted molar refractivity (Wildman–Crippen MR) is 118 cm³/mol. The van der Waals surface area contributed by atoms with Crippen molar-refractivity contribution in [2.45, 2.75) is 108 Å². The molecule has 0 aromatic heterocycles. The first kappa shape index (κ1) is 30.2. The Labute approximate surface area is 187 Å². The van der Waals surface area contributed by atoms with Gasteiger partial charge < -0.3 is 35.4 Å². The van der Waals surface area contributed by atoms with Crippen LogP contribution in [0, 0.1) is 5.92 Å². The molecule has 8 nitrogen and oxygen atoms in total. The summed E-state index contributed by atoms with van der Waals surface area (Å²) < 4.78 is 5.01. The molecular weight excluding hydrogens is 404 g/mol. The highest BCUT2D eigenvalue weighted by Crippen LogP contribution is 2.19. The summed E-state index contributed by atoms with van der Waals surface area (Å²) in [5.74, 6) is -1.03. The molecular formula is C23H46O8. The van der Waals surface area contributed by atoms with E-state index in [1.807, 2.05) is 0 Å². The quantitative estimate of drug-likeness (QED) is 0.108. The molecule has 0 spiro atoms. The molecule has 0 amide bonds. The summed E-state index contributed by atoms with van der Waals surface area (Å²) >= 11 is 0. The van der Waals surface area contributed by atoms with Crippen LogP contribution in [0.5, 0.6) is 0 Å². The van der Waals surface area contributed by atoms with Crippen LogP contribution >= 0.6 is 0 Å². The maximum Gasteiger partial charge on any atom is 0.309 e. The summed E-state index contributed by atoms with van der Waals surface area (Å²) in [6, 6.07) is 0. The van der Waals surface area contributed by atoms with Gasteiger partial charge in [0.1, 0.15) is 12.7 Å². The van der Waals surface area contributed by atoms with E-state index in [-0.39, 0.29) is 19.6 Å². The van der Waals surface area contributed by atoms with Gasteiger partial charge in [0.2, 0.25) is 0 Å². The summed E-state index contributed by atoms with van der Waals surface area (Å²) in [7, 11) is 0. The topological polar surface area (TPSA) is 148 Å². The van der Waals surface area contributed by atoms with E-state index in [9.17, 15) is 20.1 Å². The van der Waals surface area contributed by atoms with Crippen LogP contribution < -0.4 is 0 Å². The number of carbonyl (C=O) groups is 1. The zero-order chi connectivity index (χ0) is 23.3. The summed E-state index contributed by atoms with van der Waals surface area (Å²) in [6.45, 7) is -1.31. The largest absolute Gasteiger partial charge is 0.463 e. The smallest absolute Gasteiger partial charge is 0.309 e. The highest BCUT2D eigenvalue weighted by atomic mass is 16.5. The van der Waals surface area contributed by atoms with Crippen LogP contribution in [0.15, 0.2) is 0 Å². The van der Waals surface area contributed by atoms with Crippen LogP contribution in [-0.4, -0.2) is 81.3 Å². The molecule has 0 radical (unpaired) electrons. The van der Waals surface area contributed by atoms with Gasteiger partial charge in [-0.1, -0.05) is 70.6 Å². The zero-order valence-electron chi connectivity index (χ0n) is 19.0. The molecule has 0 saturated heterocycles. The third-order valence-electron chi connectivity index (χ3n) is 5.53. The predicted octanol–water partition coefficient (Wildman–Crippen LogP) is 1.67. The molecule has 0 rings (SSSR count). The van der Waals surface area contributed by atoms with Gasteiger partial charge in [-0.2, -0.15) is 0 Å². The number of aliphatic hydroxyl groups is 6. The molecule has 0 aromatic carbocycles. The highest BCUT2D eigenvalue weighted by molar-refractivity contribution is 5.72. The van der Waals surface area contributed by atoms with E-state index < -0.39 is 43.4 Å². The maximum absolute atomic E-state index is 12.2. The van der Waals surface area contributed by atoms with Crippen LogP contribution in [-0.2, 0) is 9.53 Å². The number of esters is 1. The minimum atomic E-state index is -1.11. The van der Waals surface area contributed by atoms with Gasteiger partial charge in [-0.15, -0.1) is 0 Å². The minimum absolute atomic E-state index is 0.128. The first-order valence-electron chi connectivity index (χ1n) is 12.0. The van der Waals surface area contributed by atoms with Crippen LogP contribution in [0.3, 0.4) is 0 Å². The van der Waals surface area contributed by atoms with Gasteiger partial charge in [0.15, 0.2) is 0 Å². The zero-order valence-corrected chi connectivity index (χ0v) is 19.0. The second-order valence-corrected chi connectivity index (χ2v) is 8.54. The number of hydrogen-bond donors (Lipinski definition) is 6. The number of aliphatic hydroxyl groups excluding tert-OH is 6. The molecule has 8 heteroatoms. The number of ether oxygens (including phenoxy) is 1. The molecule has 0 heterocycles. The monoisotopic (exact) mass is 450 g/mol. The first-order chi connectivity index (χ1) is 14.9. The van der Waals surface area contributed by atoms with Crippen molar-refractivity contribution in [3.63, 3.8) is 0 Å². The fourth-order valence-electron chi connectivity index (χ4n) is 3.54. The van der Waals surface area contributed by atoms with Gasteiger partial charge in [0, 0.05) is 0 Å². The molecule has 31 heavy (non-hydrogen) atoms. The van der Waals surface area contributed by atoms with Gasteiger partial charge >= 0.3 is 5.97 Å². The number of hydrogen-bond acceptors (Lipinski definition) is 8. The third kappa shape index (κ3) is 18.5. The number of rotatable bonds is 22. The van der Waals surface area contributed by atoms with E-state index in [1.165, 1.54) is 32.1 Å². The van der Waals surface area contributed by atoms with Gasteiger partial charge in [0.05, 0.1) is 37.9 Å². The van der Waals surface area contributed by atoms with Crippen LogP contribution in [0.1, 0.15) is 89.9 Å². The molecule has 186 valence electrons. The van der Waals surface area contributed by atoms with Crippen LogP contribution in [0.4, 0.5) is 0 Å². The van der Waals surface area contributed by atoms with Gasteiger partial charge in [-0.25, -0.2) is 0 Å². The van der Waals surface area contributed by atoms with E-state index in [1.54, 1.807) is 0 Å². The second kappa shape index (κ2) is 21.1. The molecule has 4 atom stereocenters. The lowest BCUT2D eigenvalue weighted by Crippen LogP contribution is -2.28. The Hall–Kier alpha value is -0.770. The first-order valence-corrected chi connectivity index (χ1v) is 12.0. The van der Waals surface area contributed by atoms with Crippen molar-refractivity contribution < 1.29 is 40.2 Å². The van der Waals surface area contributed by atoms with Crippen molar-refractivity contribution in [3.8, 4) is 0 Å². The van der Waals surface area contributed by atoms with Gasteiger partial charge in [-0.05, 0) is 19.3 Å². The molecule has 0 aliphatic rings. The van der Waals surface area contributed by atoms with Gasteiger partial charge in [0.25, 0.3) is 0 Å². The Morgan fingerprint density at radius 2 is 1.00 bits per heavy atom. The molecule has 0 aliphatic carbocycles. The standard InChI is InChI=1S/C23H46O8/c24-15-20(27)13-11-9-7-5-3-1-2-4-6-8-10-12-19(14-21(28)16-25)23(30)31-18-22(29)17-26/h19-22,24-29H,1-18H2. The van der Waals surface area contributed by atoms with E-state index in [2.05, 4.69) is 0 Å². The van der Waals surface area contributed by atoms with E-state index in [0.717, 1.165) is 38.5 Å². The molecule has 6 N–H and O–H groups in total. The average molecular weight is 451 g/mol.